The highest BCUT2D eigenvalue weighted by Crippen LogP contribution is 2.40. The van der Waals surface area contributed by atoms with Gasteiger partial charge < -0.3 is 10.1 Å². The predicted octanol–water partition coefficient (Wildman–Crippen LogP) is 4.16. The Labute approximate surface area is 128 Å². The molecule has 1 aliphatic carbocycles. The average Bonchev–Trinajstić information content (AvgIpc) is 2.45. The molecule has 1 aromatic carbocycles. The molecule has 3 heteroatoms. The Hall–Kier alpha value is -1.51. The number of rotatable bonds is 4. The fourth-order valence-electron chi connectivity index (χ4n) is 3.34. The molecule has 0 amide bonds. The van der Waals surface area contributed by atoms with Crippen LogP contribution in [0.4, 0.5) is 5.69 Å². The van der Waals surface area contributed by atoms with Crippen molar-refractivity contribution < 1.29 is 9.53 Å². The lowest BCUT2D eigenvalue weighted by Crippen LogP contribution is -2.55. The van der Waals surface area contributed by atoms with Gasteiger partial charge in [-0.2, -0.15) is 0 Å². The third kappa shape index (κ3) is 3.39. The molecule has 1 aliphatic rings. The van der Waals surface area contributed by atoms with E-state index in [-0.39, 0.29) is 11.9 Å². The molecule has 2 rings (SSSR count). The predicted molar refractivity (Wildman–Crippen MR) is 86.3 cm³/mol. The molecule has 0 bridgehead atoms. The van der Waals surface area contributed by atoms with Crippen molar-refractivity contribution in [2.75, 3.05) is 11.9 Å². The maximum Gasteiger partial charge on any atom is 0.332 e. The second kappa shape index (κ2) is 6.50. The zero-order valence-electron chi connectivity index (χ0n) is 13.6. The van der Waals surface area contributed by atoms with Gasteiger partial charge in [0.25, 0.3) is 0 Å². The molecule has 21 heavy (non-hydrogen) atoms. The Bertz CT molecular complexity index is 482. The number of carbonyl (C=O) groups excluding carboxylic acids is 1. The first-order valence-corrected chi connectivity index (χ1v) is 8.00. The molecule has 3 nitrogen and oxygen atoms in total. The Kier molecular flexibility index (Phi) is 4.92. The van der Waals surface area contributed by atoms with Crippen LogP contribution in [0.3, 0.4) is 0 Å². The van der Waals surface area contributed by atoms with E-state index in [1.54, 1.807) is 0 Å². The summed E-state index contributed by atoms with van der Waals surface area (Å²) in [5.74, 6) is 0.828. The quantitative estimate of drug-likeness (QED) is 0.846. The van der Waals surface area contributed by atoms with Crippen LogP contribution in [0.15, 0.2) is 24.3 Å². The molecule has 1 N–H and O–H groups in total. The van der Waals surface area contributed by atoms with Crippen LogP contribution in [0, 0.1) is 18.8 Å². The van der Waals surface area contributed by atoms with Gasteiger partial charge in [-0.05, 0) is 57.1 Å². The Morgan fingerprint density at radius 3 is 2.57 bits per heavy atom. The SMILES string of the molecule is CCOC(=O)C1(Nc2ccc(C)cc2)CCC(C)CC1C. The van der Waals surface area contributed by atoms with Crippen LogP contribution in [-0.4, -0.2) is 18.1 Å². The normalized spacial score (nSPS) is 29.0. The summed E-state index contributed by atoms with van der Waals surface area (Å²) < 4.78 is 5.38. The van der Waals surface area contributed by atoms with Gasteiger partial charge in [-0.1, -0.05) is 31.5 Å². The fraction of sp³-hybridized carbons (Fsp3) is 0.611. The highest BCUT2D eigenvalue weighted by molar-refractivity contribution is 5.85. The second-order valence-corrected chi connectivity index (χ2v) is 6.46. The van der Waals surface area contributed by atoms with Gasteiger partial charge in [0.15, 0.2) is 0 Å². The van der Waals surface area contributed by atoms with E-state index in [1.807, 2.05) is 19.1 Å². The maximum absolute atomic E-state index is 12.6. The molecular weight excluding hydrogens is 262 g/mol. The molecular formula is C18H27NO2. The minimum absolute atomic E-state index is 0.107. The van der Waals surface area contributed by atoms with Crippen molar-refractivity contribution in [1.82, 2.24) is 0 Å². The molecule has 1 fully saturated rings. The summed E-state index contributed by atoms with van der Waals surface area (Å²) in [5.41, 5.74) is 1.63. The van der Waals surface area contributed by atoms with Gasteiger partial charge in [-0.25, -0.2) is 4.79 Å². The Morgan fingerprint density at radius 1 is 1.33 bits per heavy atom. The summed E-state index contributed by atoms with van der Waals surface area (Å²) in [7, 11) is 0. The van der Waals surface area contributed by atoms with Gasteiger partial charge >= 0.3 is 5.97 Å². The minimum Gasteiger partial charge on any atom is -0.464 e. The van der Waals surface area contributed by atoms with Crippen molar-refractivity contribution in [3.05, 3.63) is 29.8 Å². The summed E-state index contributed by atoms with van der Waals surface area (Å²) in [6, 6.07) is 8.22. The smallest absolute Gasteiger partial charge is 0.332 e. The van der Waals surface area contributed by atoms with Crippen LogP contribution in [-0.2, 0) is 9.53 Å². The number of benzene rings is 1. The molecule has 3 unspecified atom stereocenters. The standard InChI is InChI=1S/C18H27NO2/c1-5-21-17(20)18(11-10-14(3)12-15(18)4)19-16-8-6-13(2)7-9-16/h6-9,14-15,19H,5,10-12H2,1-4H3. The van der Waals surface area contributed by atoms with E-state index < -0.39 is 5.54 Å². The molecule has 1 aromatic rings. The average molecular weight is 289 g/mol. The van der Waals surface area contributed by atoms with Crippen LogP contribution in [0.1, 0.15) is 45.6 Å². The molecule has 0 heterocycles. The topological polar surface area (TPSA) is 38.3 Å². The number of hydrogen-bond acceptors (Lipinski definition) is 3. The van der Waals surface area contributed by atoms with Crippen molar-refractivity contribution in [2.45, 2.75) is 52.5 Å². The Morgan fingerprint density at radius 2 is 2.00 bits per heavy atom. The van der Waals surface area contributed by atoms with Crippen molar-refractivity contribution in [1.29, 1.82) is 0 Å². The van der Waals surface area contributed by atoms with E-state index >= 15 is 0 Å². The van der Waals surface area contributed by atoms with Crippen LogP contribution in [0.2, 0.25) is 0 Å². The molecule has 116 valence electrons. The van der Waals surface area contributed by atoms with Crippen LogP contribution in [0.5, 0.6) is 0 Å². The summed E-state index contributed by atoms with van der Waals surface area (Å²) in [5, 5.41) is 3.50. The second-order valence-electron chi connectivity index (χ2n) is 6.46. The molecule has 0 radical (unpaired) electrons. The number of ether oxygens (including phenoxy) is 1. The lowest BCUT2D eigenvalue weighted by atomic mass is 9.69. The van der Waals surface area contributed by atoms with E-state index in [2.05, 4.69) is 38.2 Å². The van der Waals surface area contributed by atoms with E-state index in [1.165, 1.54) is 5.56 Å². The molecule has 0 aromatic heterocycles. The first-order valence-electron chi connectivity index (χ1n) is 8.00. The lowest BCUT2D eigenvalue weighted by molar-refractivity contribution is -0.152. The summed E-state index contributed by atoms with van der Waals surface area (Å²) >= 11 is 0. The summed E-state index contributed by atoms with van der Waals surface area (Å²) in [6.45, 7) is 8.78. The van der Waals surface area contributed by atoms with E-state index in [9.17, 15) is 4.79 Å². The maximum atomic E-state index is 12.6. The molecule has 1 saturated carbocycles. The summed E-state index contributed by atoms with van der Waals surface area (Å²) in [4.78, 5) is 12.6. The fourth-order valence-corrected chi connectivity index (χ4v) is 3.34. The van der Waals surface area contributed by atoms with Gasteiger partial charge in [-0.3, -0.25) is 0 Å². The number of esters is 1. The summed E-state index contributed by atoms with van der Waals surface area (Å²) in [6.07, 6.45) is 2.95. The first-order chi connectivity index (χ1) is 9.98. The monoisotopic (exact) mass is 289 g/mol. The van der Waals surface area contributed by atoms with Crippen molar-refractivity contribution in [2.24, 2.45) is 11.8 Å². The zero-order chi connectivity index (χ0) is 15.5. The molecule has 0 spiro atoms. The highest BCUT2D eigenvalue weighted by Gasteiger charge is 2.47. The van der Waals surface area contributed by atoms with Crippen LogP contribution in [0.25, 0.3) is 0 Å². The van der Waals surface area contributed by atoms with Gasteiger partial charge in [-0.15, -0.1) is 0 Å². The van der Waals surface area contributed by atoms with Crippen LogP contribution < -0.4 is 5.32 Å². The molecule has 3 atom stereocenters. The van der Waals surface area contributed by atoms with Gasteiger partial charge in [0.1, 0.15) is 5.54 Å². The number of anilines is 1. The number of nitrogens with one attached hydrogen (secondary N) is 1. The third-order valence-corrected chi connectivity index (χ3v) is 4.69. The lowest BCUT2D eigenvalue weighted by Gasteiger charge is -2.43. The molecule has 0 aliphatic heterocycles. The van der Waals surface area contributed by atoms with Gasteiger partial charge in [0, 0.05) is 5.69 Å². The highest BCUT2D eigenvalue weighted by atomic mass is 16.5. The molecule has 0 saturated heterocycles. The number of carbonyl (C=O) groups is 1. The van der Waals surface area contributed by atoms with Crippen molar-refractivity contribution >= 4 is 11.7 Å². The van der Waals surface area contributed by atoms with E-state index in [4.69, 9.17) is 4.74 Å². The van der Waals surface area contributed by atoms with Gasteiger partial charge in [0.05, 0.1) is 6.61 Å². The third-order valence-electron chi connectivity index (χ3n) is 4.69. The zero-order valence-corrected chi connectivity index (χ0v) is 13.6. The largest absolute Gasteiger partial charge is 0.464 e. The number of aryl methyl sites for hydroxylation is 1. The van der Waals surface area contributed by atoms with Gasteiger partial charge in [0.2, 0.25) is 0 Å². The minimum atomic E-state index is -0.586. The first kappa shape index (κ1) is 15.9. The number of hydrogen-bond donors (Lipinski definition) is 1. The van der Waals surface area contributed by atoms with Crippen molar-refractivity contribution in [3.63, 3.8) is 0 Å². The Balaban J connectivity index is 2.27. The van der Waals surface area contributed by atoms with Crippen LogP contribution >= 0.6 is 0 Å². The van der Waals surface area contributed by atoms with E-state index in [0.29, 0.717) is 12.5 Å². The van der Waals surface area contributed by atoms with E-state index in [0.717, 1.165) is 24.9 Å². The van der Waals surface area contributed by atoms with Crippen molar-refractivity contribution in [3.8, 4) is 0 Å².